The van der Waals surface area contributed by atoms with Crippen molar-refractivity contribution in [2.75, 3.05) is 12.9 Å². The number of ether oxygens (including phenoxy) is 1. The summed E-state index contributed by atoms with van der Waals surface area (Å²) in [5.41, 5.74) is 0. The van der Waals surface area contributed by atoms with Gasteiger partial charge in [0.2, 0.25) is 0 Å². The lowest BCUT2D eigenvalue weighted by atomic mass is 10.3. The molecule has 1 rings (SSSR count). The third-order valence-electron chi connectivity index (χ3n) is 2.03. The fourth-order valence-corrected chi connectivity index (χ4v) is 4.82. The molecule has 0 aliphatic rings. The van der Waals surface area contributed by atoms with Crippen LogP contribution < -0.4 is 4.74 Å². The normalized spacial score (nSPS) is 15.0. The summed E-state index contributed by atoms with van der Waals surface area (Å²) in [4.78, 5) is 0.310. The zero-order chi connectivity index (χ0) is 13.1. The summed E-state index contributed by atoms with van der Waals surface area (Å²) < 4.78 is 42.3. The van der Waals surface area contributed by atoms with Gasteiger partial charge in [-0.25, -0.2) is 4.21 Å². The monoisotopic (exact) mass is 297 g/mol. The van der Waals surface area contributed by atoms with E-state index in [4.69, 9.17) is 15.4 Å². The molecule has 5 nitrogen and oxygen atoms in total. The first-order valence-electron chi connectivity index (χ1n) is 4.65. The van der Waals surface area contributed by atoms with Gasteiger partial charge in [-0.05, 0) is 24.3 Å². The van der Waals surface area contributed by atoms with Gasteiger partial charge >= 0.3 is 9.24 Å². The van der Waals surface area contributed by atoms with Crippen molar-refractivity contribution < 1.29 is 17.4 Å². The third kappa shape index (κ3) is 3.86. The molecule has 8 heteroatoms. The van der Waals surface area contributed by atoms with Crippen molar-refractivity contribution in [2.24, 2.45) is 3.77 Å². The number of methoxy groups -OCH3 is 1. The minimum Gasteiger partial charge on any atom is -0.497 e. The van der Waals surface area contributed by atoms with Crippen molar-refractivity contribution in [1.29, 1.82) is 0 Å². The molecular weight excluding hydrogens is 286 g/mol. The molecule has 0 aromatic heterocycles. The van der Waals surface area contributed by atoms with E-state index < -0.39 is 19.0 Å². The lowest BCUT2D eigenvalue weighted by Crippen LogP contribution is -2.05. The van der Waals surface area contributed by atoms with Crippen LogP contribution in [0.3, 0.4) is 0 Å². The van der Waals surface area contributed by atoms with Crippen LogP contribution in [0.1, 0.15) is 6.92 Å². The van der Waals surface area contributed by atoms with Crippen molar-refractivity contribution >= 4 is 29.6 Å². The van der Waals surface area contributed by atoms with E-state index >= 15 is 0 Å². The summed E-state index contributed by atoms with van der Waals surface area (Å²) >= 11 is 0. The first-order valence-corrected chi connectivity index (χ1v) is 8.60. The lowest BCUT2D eigenvalue weighted by Gasteiger charge is -2.07. The molecule has 17 heavy (non-hydrogen) atoms. The highest BCUT2D eigenvalue weighted by molar-refractivity contribution is 8.17. The Kier molecular flexibility index (Phi) is 4.40. The molecule has 1 aromatic rings. The average molecular weight is 298 g/mol. The maximum absolute atomic E-state index is 12.3. The van der Waals surface area contributed by atoms with Gasteiger partial charge < -0.3 is 4.74 Å². The van der Waals surface area contributed by atoms with Crippen LogP contribution in [0.15, 0.2) is 32.9 Å². The van der Waals surface area contributed by atoms with E-state index in [1.54, 1.807) is 19.1 Å². The molecule has 0 aliphatic carbocycles. The smallest absolute Gasteiger partial charge is 0.347 e. The Balaban J connectivity index is 3.37. The SMILES string of the molecule is CC[S@](=O)(=NS(=O)(=O)Cl)c1ccc(OC)cc1. The molecule has 0 amide bonds. The molecule has 0 bridgehead atoms. The van der Waals surface area contributed by atoms with Crippen LogP contribution >= 0.6 is 10.7 Å². The van der Waals surface area contributed by atoms with E-state index in [0.29, 0.717) is 10.6 Å². The van der Waals surface area contributed by atoms with E-state index in [-0.39, 0.29) is 5.75 Å². The van der Waals surface area contributed by atoms with Gasteiger partial charge in [0, 0.05) is 21.3 Å². The second kappa shape index (κ2) is 5.24. The number of nitrogens with zero attached hydrogens (tertiary/aromatic N) is 1. The Morgan fingerprint density at radius 2 is 1.76 bits per heavy atom. The van der Waals surface area contributed by atoms with Crippen molar-refractivity contribution in [3.8, 4) is 5.75 Å². The van der Waals surface area contributed by atoms with Gasteiger partial charge in [-0.3, -0.25) is 0 Å². The van der Waals surface area contributed by atoms with Crippen LogP contribution in [0.25, 0.3) is 0 Å². The summed E-state index contributed by atoms with van der Waals surface area (Å²) in [6.45, 7) is 1.58. The molecule has 0 unspecified atom stereocenters. The maximum atomic E-state index is 12.3. The third-order valence-corrected chi connectivity index (χ3v) is 6.00. The van der Waals surface area contributed by atoms with Crippen LogP contribution in [-0.4, -0.2) is 25.5 Å². The fourth-order valence-electron chi connectivity index (χ4n) is 1.19. The van der Waals surface area contributed by atoms with Crippen LogP contribution in [0.5, 0.6) is 5.75 Å². The lowest BCUT2D eigenvalue weighted by molar-refractivity contribution is 0.414. The molecular formula is C9H12ClNO4S2. The Hall–Kier alpha value is -0.790. The van der Waals surface area contributed by atoms with Crippen LogP contribution in [-0.2, 0) is 19.0 Å². The maximum Gasteiger partial charge on any atom is 0.347 e. The van der Waals surface area contributed by atoms with Gasteiger partial charge in [-0.1, -0.05) is 10.7 Å². The Morgan fingerprint density at radius 1 is 1.24 bits per heavy atom. The summed E-state index contributed by atoms with van der Waals surface area (Å²) in [6, 6.07) is 6.19. The molecule has 0 spiro atoms. The first-order chi connectivity index (χ1) is 7.80. The Bertz CT molecular complexity index is 600. The molecule has 0 aliphatic heterocycles. The highest BCUT2D eigenvalue weighted by atomic mass is 35.7. The van der Waals surface area contributed by atoms with Crippen molar-refractivity contribution in [1.82, 2.24) is 0 Å². The Morgan fingerprint density at radius 3 is 2.12 bits per heavy atom. The number of halogens is 1. The van der Waals surface area contributed by atoms with Crippen molar-refractivity contribution in [2.45, 2.75) is 11.8 Å². The molecule has 1 aromatic carbocycles. The molecule has 0 saturated carbocycles. The van der Waals surface area contributed by atoms with E-state index in [0.717, 1.165) is 0 Å². The second-order valence-corrected chi connectivity index (χ2v) is 8.01. The topological polar surface area (TPSA) is 72.8 Å². The predicted octanol–water partition coefficient (Wildman–Crippen LogP) is 2.03. The second-order valence-electron chi connectivity index (χ2n) is 3.09. The highest BCUT2D eigenvalue weighted by Crippen LogP contribution is 2.20. The molecule has 0 saturated heterocycles. The van der Waals surface area contributed by atoms with Gasteiger partial charge in [0.25, 0.3) is 0 Å². The van der Waals surface area contributed by atoms with E-state index in [9.17, 15) is 12.6 Å². The van der Waals surface area contributed by atoms with Gasteiger partial charge in [-0.15, -0.1) is 0 Å². The highest BCUT2D eigenvalue weighted by Gasteiger charge is 2.15. The number of rotatable bonds is 4. The van der Waals surface area contributed by atoms with Gasteiger partial charge in [0.05, 0.1) is 16.8 Å². The van der Waals surface area contributed by atoms with Gasteiger partial charge in [-0.2, -0.15) is 8.42 Å². The molecule has 1 atom stereocenters. The molecule has 96 valence electrons. The van der Waals surface area contributed by atoms with Crippen LogP contribution in [0.2, 0.25) is 0 Å². The van der Waals surface area contributed by atoms with Crippen LogP contribution in [0, 0.1) is 0 Å². The largest absolute Gasteiger partial charge is 0.497 e. The summed E-state index contributed by atoms with van der Waals surface area (Å²) in [7, 11) is -0.700. The van der Waals surface area contributed by atoms with Gasteiger partial charge in [0.1, 0.15) is 5.75 Å². The summed E-state index contributed by atoms with van der Waals surface area (Å²) in [5, 5.41) is 0. The molecule has 0 fully saturated rings. The van der Waals surface area contributed by atoms with E-state index in [2.05, 4.69) is 3.77 Å². The molecule has 0 radical (unpaired) electrons. The number of benzene rings is 1. The summed E-state index contributed by atoms with van der Waals surface area (Å²) in [6.07, 6.45) is 0. The fraction of sp³-hybridized carbons (Fsp3) is 0.333. The molecule has 0 N–H and O–H groups in total. The first kappa shape index (κ1) is 14.3. The Labute approximate surface area is 105 Å². The zero-order valence-corrected chi connectivity index (χ0v) is 11.7. The van der Waals surface area contributed by atoms with Crippen molar-refractivity contribution in [3.05, 3.63) is 24.3 Å². The predicted molar refractivity (Wildman–Crippen MR) is 67.1 cm³/mol. The van der Waals surface area contributed by atoms with Crippen molar-refractivity contribution in [3.63, 3.8) is 0 Å². The average Bonchev–Trinajstić information content (AvgIpc) is 2.27. The standard InChI is InChI=1S/C9H12ClNO4S2/c1-3-16(12,11-17(10,13)14)9-6-4-8(15-2)5-7-9/h4-7H,3H2,1-2H3/t16-/m1/s1. The number of hydrogen-bond donors (Lipinski definition) is 0. The number of hydrogen-bond acceptors (Lipinski definition) is 4. The zero-order valence-electron chi connectivity index (χ0n) is 9.29. The van der Waals surface area contributed by atoms with Crippen LogP contribution in [0.4, 0.5) is 0 Å². The van der Waals surface area contributed by atoms with Gasteiger partial charge in [0.15, 0.2) is 0 Å². The minimum absolute atomic E-state index is 0.0608. The summed E-state index contributed by atoms with van der Waals surface area (Å²) in [5.74, 6) is 0.644. The van der Waals surface area contributed by atoms with E-state index in [1.165, 1.54) is 19.2 Å². The van der Waals surface area contributed by atoms with E-state index in [1.807, 2.05) is 0 Å². The quantitative estimate of drug-likeness (QED) is 0.797. The molecule has 0 heterocycles. The minimum atomic E-state index is -4.17.